The molecule has 6 rings (SSSR count). The topological polar surface area (TPSA) is 109 Å². The molecule has 5 N–H and O–H groups in total. The Hall–Kier alpha value is -4.91. The zero-order valence-corrected chi connectivity index (χ0v) is 18.7. The van der Waals surface area contributed by atoms with Gasteiger partial charge in [0.05, 0.1) is 22.4 Å². The molecule has 0 bridgehead atoms. The number of carbonyl (C=O) groups is 1. The van der Waals surface area contributed by atoms with Crippen molar-refractivity contribution in [1.82, 2.24) is 15.0 Å². The lowest BCUT2D eigenvalue weighted by molar-refractivity contribution is 0.102. The standard InChI is InChI=1S/C28H22N6O/c29-21-5-1-2-6-23(21)34-28(35)18-11-9-17(10-12-18)16-30-19-13-14-22-20(15-19)26-27(32-22)33-25-8-4-3-7-24(25)31-26/h1-15,30H,16,29H2,(H,32,33)(H,34,35). The van der Waals surface area contributed by atoms with E-state index in [1.165, 1.54) is 0 Å². The van der Waals surface area contributed by atoms with Crippen molar-refractivity contribution in [1.29, 1.82) is 0 Å². The monoisotopic (exact) mass is 458 g/mol. The number of hydrogen-bond donors (Lipinski definition) is 4. The van der Waals surface area contributed by atoms with Crippen LogP contribution < -0.4 is 16.4 Å². The average molecular weight is 459 g/mol. The Morgan fingerprint density at radius 3 is 2.40 bits per heavy atom. The molecule has 170 valence electrons. The predicted octanol–water partition coefficient (Wildman–Crippen LogP) is 5.71. The molecule has 0 spiro atoms. The summed E-state index contributed by atoms with van der Waals surface area (Å²) in [6, 6.07) is 28.7. The van der Waals surface area contributed by atoms with Crippen molar-refractivity contribution in [2.45, 2.75) is 6.54 Å². The molecule has 0 aliphatic heterocycles. The van der Waals surface area contributed by atoms with E-state index in [1.54, 1.807) is 12.1 Å². The van der Waals surface area contributed by atoms with Gasteiger partial charge in [0.1, 0.15) is 5.52 Å². The van der Waals surface area contributed by atoms with Crippen LogP contribution in [-0.4, -0.2) is 20.9 Å². The van der Waals surface area contributed by atoms with Gasteiger partial charge in [-0.2, -0.15) is 0 Å². The molecule has 0 unspecified atom stereocenters. The highest BCUT2D eigenvalue weighted by Gasteiger charge is 2.10. The van der Waals surface area contributed by atoms with Crippen LogP contribution in [0.4, 0.5) is 17.1 Å². The molecule has 2 aromatic heterocycles. The molecular weight excluding hydrogens is 436 g/mol. The summed E-state index contributed by atoms with van der Waals surface area (Å²) in [6.45, 7) is 0.621. The lowest BCUT2D eigenvalue weighted by Gasteiger charge is -2.09. The van der Waals surface area contributed by atoms with Gasteiger partial charge in [0.2, 0.25) is 0 Å². The molecule has 6 aromatic rings. The minimum Gasteiger partial charge on any atom is -0.397 e. The van der Waals surface area contributed by atoms with Crippen LogP contribution in [0.25, 0.3) is 33.1 Å². The number of hydrogen-bond acceptors (Lipinski definition) is 5. The van der Waals surface area contributed by atoms with E-state index >= 15 is 0 Å². The molecule has 0 aliphatic carbocycles. The highest BCUT2D eigenvalue weighted by molar-refractivity contribution is 6.07. The Morgan fingerprint density at radius 1 is 0.857 bits per heavy atom. The summed E-state index contributed by atoms with van der Waals surface area (Å²) >= 11 is 0. The zero-order valence-electron chi connectivity index (χ0n) is 18.7. The van der Waals surface area contributed by atoms with Crippen molar-refractivity contribution >= 4 is 56.1 Å². The highest BCUT2D eigenvalue weighted by Crippen LogP contribution is 2.27. The van der Waals surface area contributed by atoms with Gasteiger partial charge in [-0.05, 0) is 60.2 Å². The molecule has 35 heavy (non-hydrogen) atoms. The maximum absolute atomic E-state index is 12.5. The molecule has 0 fully saturated rings. The van der Waals surface area contributed by atoms with Crippen LogP contribution in [-0.2, 0) is 6.54 Å². The van der Waals surface area contributed by atoms with Gasteiger partial charge in [-0.3, -0.25) is 4.79 Å². The van der Waals surface area contributed by atoms with Crippen LogP contribution in [0.5, 0.6) is 0 Å². The van der Waals surface area contributed by atoms with Gasteiger partial charge in [-0.25, -0.2) is 9.97 Å². The van der Waals surface area contributed by atoms with Gasteiger partial charge < -0.3 is 21.4 Å². The van der Waals surface area contributed by atoms with Crippen LogP contribution in [0.3, 0.4) is 0 Å². The number of para-hydroxylation sites is 4. The summed E-state index contributed by atoms with van der Waals surface area (Å²) in [6.07, 6.45) is 0. The second-order valence-corrected chi connectivity index (χ2v) is 8.39. The Morgan fingerprint density at radius 2 is 1.60 bits per heavy atom. The number of aromatic nitrogens is 3. The first kappa shape index (κ1) is 20.7. The van der Waals surface area contributed by atoms with Crippen LogP contribution in [0, 0.1) is 0 Å². The molecule has 2 heterocycles. The van der Waals surface area contributed by atoms with E-state index < -0.39 is 0 Å². The Balaban J connectivity index is 1.18. The number of carbonyl (C=O) groups excluding carboxylic acids is 1. The second kappa shape index (κ2) is 8.46. The first-order valence-corrected chi connectivity index (χ1v) is 11.3. The molecule has 0 atom stereocenters. The summed E-state index contributed by atoms with van der Waals surface area (Å²) in [7, 11) is 0. The number of nitrogens with two attached hydrogens (primary N) is 1. The largest absolute Gasteiger partial charge is 0.397 e. The van der Waals surface area contributed by atoms with Gasteiger partial charge in [0, 0.05) is 28.7 Å². The normalized spacial score (nSPS) is 11.2. The number of nitrogen functional groups attached to an aromatic ring is 1. The van der Waals surface area contributed by atoms with Gasteiger partial charge in [-0.15, -0.1) is 0 Å². The van der Waals surface area contributed by atoms with Gasteiger partial charge in [0.15, 0.2) is 5.65 Å². The number of benzene rings is 4. The number of rotatable bonds is 5. The van der Waals surface area contributed by atoms with Crippen LogP contribution in [0.1, 0.15) is 15.9 Å². The van der Waals surface area contributed by atoms with E-state index in [9.17, 15) is 4.79 Å². The number of H-pyrrole nitrogens is 1. The zero-order chi connectivity index (χ0) is 23.8. The summed E-state index contributed by atoms with van der Waals surface area (Å²) < 4.78 is 0. The molecule has 0 aliphatic rings. The fourth-order valence-electron chi connectivity index (χ4n) is 4.15. The minimum atomic E-state index is -0.194. The SMILES string of the molecule is Nc1ccccc1NC(=O)c1ccc(CNc2ccc3[nH]c4nc5ccccc5nc4c3c2)cc1. The molecule has 1 amide bonds. The third-order valence-electron chi connectivity index (χ3n) is 6.02. The highest BCUT2D eigenvalue weighted by atomic mass is 16.1. The summed E-state index contributed by atoms with van der Waals surface area (Å²) in [5.41, 5.74) is 14.0. The smallest absolute Gasteiger partial charge is 0.255 e. The minimum absolute atomic E-state index is 0.194. The predicted molar refractivity (Wildman–Crippen MR) is 141 cm³/mol. The first-order chi connectivity index (χ1) is 17.1. The van der Waals surface area contributed by atoms with Crippen LogP contribution in [0.2, 0.25) is 0 Å². The summed E-state index contributed by atoms with van der Waals surface area (Å²) in [5, 5.41) is 7.34. The molecule has 7 heteroatoms. The number of aromatic amines is 1. The van der Waals surface area contributed by atoms with Gasteiger partial charge in [0.25, 0.3) is 5.91 Å². The molecule has 0 radical (unpaired) electrons. The fourth-order valence-corrected chi connectivity index (χ4v) is 4.15. The molecule has 4 aromatic carbocycles. The van der Waals surface area contributed by atoms with E-state index in [0.29, 0.717) is 23.5 Å². The van der Waals surface area contributed by atoms with Gasteiger partial charge >= 0.3 is 0 Å². The average Bonchev–Trinajstić information content (AvgIpc) is 3.24. The van der Waals surface area contributed by atoms with Crippen molar-refractivity contribution in [3.05, 3.63) is 102 Å². The van der Waals surface area contributed by atoms with Crippen molar-refractivity contribution in [2.75, 3.05) is 16.4 Å². The molecular formula is C28H22N6O. The second-order valence-electron chi connectivity index (χ2n) is 8.39. The Kier molecular flexibility index (Phi) is 5.00. The Labute approximate surface area is 201 Å². The maximum atomic E-state index is 12.5. The lowest BCUT2D eigenvalue weighted by Crippen LogP contribution is -2.13. The van der Waals surface area contributed by atoms with E-state index in [4.69, 9.17) is 15.7 Å². The fraction of sp³-hybridized carbons (Fsp3) is 0.0357. The number of amides is 1. The molecule has 0 saturated carbocycles. The van der Waals surface area contributed by atoms with Crippen molar-refractivity contribution in [3.8, 4) is 0 Å². The Bertz CT molecular complexity index is 1700. The van der Waals surface area contributed by atoms with Gasteiger partial charge in [-0.1, -0.05) is 36.4 Å². The van der Waals surface area contributed by atoms with Crippen LogP contribution in [0.15, 0.2) is 91.0 Å². The van der Waals surface area contributed by atoms with Crippen molar-refractivity contribution in [3.63, 3.8) is 0 Å². The maximum Gasteiger partial charge on any atom is 0.255 e. The summed E-state index contributed by atoms with van der Waals surface area (Å²) in [5.74, 6) is -0.194. The number of fused-ring (bicyclic) bond motifs is 4. The number of nitrogens with one attached hydrogen (secondary N) is 3. The van der Waals surface area contributed by atoms with E-state index in [1.807, 2.05) is 72.8 Å². The van der Waals surface area contributed by atoms with E-state index in [0.717, 1.165) is 44.4 Å². The van der Waals surface area contributed by atoms with Crippen molar-refractivity contribution < 1.29 is 4.79 Å². The van der Waals surface area contributed by atoms with E-state index in [2.05, 4.69) is 21.7 Å². The molecule has 0 saturated heterocycles. The third kappa shape index (κ3) is 4.00. The molecule has 7 nitrogen and oxygen atoms in total. The van der Waals surface area contributed by atoms with Crippen molar-refractivity contribution in [2.24, 2.45) is 0 Å². The quantitative estimate of drug-likeness (QED) is 0.247. The number of anilines is 3. The summed E-state index contributed by atoms with van der Waals surface area (Å²) in [4.78, 5) is 25.4. The first-order valence-electron chi connectivity index (χ1n) is 11.3. The van der Waals surface area contributed by atoms with Crippen LogP contribution >= 0.6 is 0 Å². The third-order valence-corrected chi connectivity index (χ3v) is 6.02. The number of nitrogens with zero attached hydrogens (tertiary/aromatic N) is 2. The van der Waals surface area contributed by atoms with E-state index in [-0.39, 0.29) is 5.91 Å². The lowest BCUT2D eigenvalue weighted by atomic mass is 10.1.